The van der Waals surface area contributed by atoms with Crippen molar-refractivity contribution in [2.24, 2.45) is 0 Å². The Bertz CT molecular complexity index is 408. The lowest BCUT2D eigenvalue weighted by atomic mass is 10.0. The van der Waals surface area contributed by atoms with Crippen LogP contribution in [0.4, 0.5) is 0 Å². The van der Waals surface area contributed by atoms with Crippen molar-refractivity contribution < 1.29 is 0 Å². The summed E-state index contributed by atoms with van der Waals surface area (Å²) in [6.07, 6.45) is 2.50. The molecule has 0 aromatic heterocycles. The monoisotopic (exact) mass is 292 g/mol. The van der Waals surface area contributed by atoms with Crippen LogP contribution in [0.5, 0.6) is 0 Å². The Morgan fingerprint density at radius 1 is 1.45 bits per heavy atom. The molecule has 2 nitrogen and oxygen atoms in total. The van der Waals surface area contributed by atoms with E-state index >= 15 is 0 Å². The van der Waals surface area contributed by atoms with Crippen LogP contribution < -0.4 is 5.32 Å². The van der Waals surface area contributed by atoms with Crippen molar-refractivity contribution in [3.63, 3.8) is 0 Å². The lowest BCUT2D eigenvalue weighted by molar-refractivity contribution is 0.265. The maximum absolute atomic E-state index is 3.48. The first kappa shape index (κ1) is 15.9. The van der Waals surface area contributed by atoms with E-state index in [1.807, 2.05) is 0 Å². The molecule has 0 spiro atoms. The average Bonchev–Trinajstić information content (AvgIpc) is 2.48. The van der Waals surface area contributed by atoms with Gasteiger partial charge in [0.25, 0.3) is 0 Å². The summed E-state index contributed by atoms with van der Waals surface area (Å²) in [5, 5.41) is 4.32. The summed E-state index contributed by atoms with van der Waals surface area (Å²) in [5.41, 5.74) is 2.77. The summed E-state index contributed by atoms with van der Waals surface area (Å²) in [5.74, 6) is 1.30. The average molecular weight is 292 g/mol. The largest absolute Gasteiger partial charge is 0.313 e. The van der Waals surface area contributed by atoms with Crippen LogP contribution in [0.3, 0.4) is 0 Å². The molecule has 0 saturated carbocycles. The second kappa shape index (κ2) is 8.06. The molecule has 0 radical (unpaired) electrons. The van der Waals surface area contributed by atoms with E-state index in [2.05, 4.69) is 67.1 Å². The van der Waals surface area contributed by atoms with Gasteiger partial charge in [-0.25, -0.2) is 0 Å². The molecule has 1 aliphatic heterocycles. The molecule has 1 heterocycles. The highest BCUT2D eigenvalue weighted by Crippen LogP contribution is 2.23. The van der Waals surface area contributed by atoms with Crippen LogP contribution >= 0.6 is 11.8 Å². The molecule has 1 aliphatic rings. The number of hydrogen-bond acceptors (Lipinski definition) is 3. The molecule has 2 atom stereocenters. The number of nitrogens with zero attached hydrogens (tertiary/aromatic N) is 1. The predicted octanol–water partition coefficient (Wildman–Crippen LogP) is 3.47. The van der Waals surface area contributed by atoms with Crippen molar-refractivity contribution in [1.29, 1.82) is 0 Å². The third-order valence-electron chi connectivity index (χ3n) is 4.21. The van der Waals surface area contributed by atoms with Crippen LogP contribution in [-0.2, 0) is 0 Å². The van der Waals surface area contributed by atoms with E-state index in [0.29, 0.717) is 6.04 Å². The van der Waals surface area contributed by atoms with E-state index in [4.69, 9.17) is 0 Å². The number of benzene rings is 1. The fourth-order valence-electron chi connectivity index (χ4n) is 2.91. The Hall–Kier alpha value is -0.510. The van der Waals surface area contributed by atoms with Gasteiger partial charge in [0.1, 0.15) is 0 Å². The molecule has 1 fully saturated rings. The molecule has 1 aromatic carbocycles. The highest BCUT2D eigenvalue weighted by molar-refractivity contribution is 8.00. The van der Waals surface area contributed by atoms with E-state index in [9.17, 15) is 0 Å². The Morgan fingerprint density at radius 3 is 3.00 bits per heavy atom. The quantitative estimate of drug-likeness (QED) is 0.864. The van der Waals surface area contributed by atoms with Gasteiger partial charge in [-0.1, -0.05) is 36.8 Å². The fourth-order valence-corrected chi connectivity index (χ4v) is 4.16. The molecule has 0 amide bonds. The second-order valence-corrected chi connectivity index (χ2v) is 7.15. The summed E-state index contributed by atoms with van der Waals surface area (Å²) in [7, 11) is 2.08. The highest BCUT2D eigenvalue weighted by atomic mass is 32.2. The summed E-state index contributed by atoms with van der Waals surface area (Å²) in [6.45, 7) is 8.21. The van der Waals surface area contributed by atoms with Gasteiger partial charge >= 0.3 is 0 Å². The normalized spacial score (nSPS) is 21.9. The standard InChI is InChI=1S/C17H28N2S/c1-4-16-13-19(10-11-20-16)9-8-17(18-3)15-7-5-6-14(2)12-15/h5-7,12,16-18H,4,8-11,13H2,1-3H3. The minimum atomic E-state index is 0.476. The minimum Gasteiger partial charge on any atom is -0.313 e. The van der Waals surface area contributed by atoms with Gasteiger partial charge < -0.3 is 10.2 Å². The lowest BCUT2D eigenvalue weighted by Crippen LogP contribution is -2.39. The van der Waals surface area contributed by atoms with Crippen LogP contribution in [0.1, 0.15) is 36.9 Å². The molecule has 0 aliphatic carbocycles. The van der Waals surface area contributed by atoms with Gasteiger partial charge in [0.05, 0.1) is 0 Å². The first-order valence-electron chi connectivity index (χ1n) is 7.80. The molecular weight excluding hydrogens is 264 g/mol. The van der Waals surface area contributed by atoms with Gasteiger partial charge in [-0.2, -0.15) is 11.8 Å². The van der Waals surface area contributed by atoms with Crippen LogP contribution in [0.25, 0.3) is 0 Å². The molecule has 112 valence electrons. The smallest absolute Gasteiger partial charge is 0.0329 e. The molecule has 20 heavy (non-hydrogen) atoms. The van der Waals surface area contributed by atoms with Gasteiger partial charge in [0, 0.05) is 36.7 Å². The molecule has 0 bridgehead atoms. The molecule has 2 rings (SSSR count). The van der Waals surface area contributed by atoms with Crippen molar-refractivity contribution in [3.8, 4) is 0 Å². The molecule has 3 heteroatoms. The van der Waals surface area contributed by atoms with Crippen LogP contribution in [0.15, 0.2) is 24.3 Å². The van der Waals surface area contributed by atoms with Gasteiger partial charge in [-0.3, -0.25) is 0 Å². The fraction of sp³-hybridized carbons (Fsp3) is 0.647. The van der Waals surface area contributed by atoms with E-state index in [-0.39, 0.29) is 0 Å². The second-order valence-electron chi connectivity index (χ2n) is 5.75. The van der Waals surface area contributed by atoms with Crippen molar-refractivity contribution in [1.82, 2.24) is 10.2 Å². The van der Waals surface area contributed by atoms with E-state index < -0.39 is 0 Å². The zero-order valence-corrected chi connectivity index (χ0v) is 13.9. The molecule has 1 aromatic rings. The van der Waals surface area contributed by atoms with Crippen LogP contribution in [0, 0.1) is 6.92 Å². The molecule has 1 saturated heterocycles. The van der Waals surface area contributed by atoms with Gasteiger partial charge in [0.15, 0.2) is 0 Å². The minimum absolute atomic E-state index is 0.476. The summed E-state index contributed by atoms with van der Waals surface area (Å²) >= 11 is 2.15. The Labute approximate surface area is 128 Å². The van der Waals surface area contributed by atoms with Gasteiger partial charge in [0.2, 0.25) is 0 Å². The molecule has 1 N–H and O–H groups in total. The number of thioether (sulfide) groups is 1. The topological polar surface area (TPSA) is 15.3 Å². The molecule has 2 unspecified atom stereocenters. The van der Waals surface area contributed by atoms with Gasteiger partial charge in [-0.15, -0.1) is 0 Å². The van der Waals surface area contributed by atoms with Crippen molar-refractivity contribution in [2.75, 3.05) is 32.4 Å². The molecular formula is C17H28N2S. The predicted molar refractivity (Wildman–Crippen MR) is 90.6 cm³/mol. The van der Waals surface area contributed by atoms with Crippen molar-refractivity contribution >= 4 is 11.8 Å². The Morgan fingerprint density at radius 2 is 2.30 bits per heavy atom. The van der Waals surface area contributed by atoms with E-state index in [1.54, 1.807) is 0 Å². The van der Waals surface area contributed by atoms with Crippen LogP contribution in [-0.4, -0.2) is 42.6 Å². The Balaban J connectivity index is 1.87. The number of nitrogens with one attached hydrogen (secondary N) is 1. The van der Waals surface area contributed by atoms with E-state index in [1.165, 1.54) is 49.4 Å². The number of aryl methyl sites for hydroxylation is 1. The third kappa shape index (κ3) is 4.51. The third-order valence-corrected chi connectivity index (χ3v) is 5.58. The first-order valence-corrected chi connectivity index (χ1v) is 8.85. The maximum atomic E-state index is 3.48. The Kier molecular flexibility index (Phi) is 6.40. The summed E-state index contributed by atoms with van der Waals surface area (Å²) in [4.78, 5) is 2.64. The van der Waals surface area contributed by atoms with E-state index in [0.717, 1.165) is 5.25 Å². The zero-order chi connectivity index (χ0) is 14.4. The van der Waals surface area contributed by atoms with Gasteiger partial charge in [-0.05, 0) is 32.4 Å². The number of hydrogen-bond donors (Lipinski definition) is 1. The SMILES string of the molecule is CCC1CN(CCC(NC)c2cccc(C)c2)CCS1. The maximum Gasteiger partial charge on any atom is 0.0329 e. The van der Waals surface area contributed by atoms with Crippen LogP contribution in [0.2, 0.25) is 0 Å². The van der Waals surface area contributed by atoms with Crippen molar-refractivity contribution in [2.45, 2.75) is 38.0 Å². The summed E-state index contributed by atoms with van der Waals surface area (Å²) < 4.78 is 0. The zero-order valence-electron chi connectivity index (χ0n) is 13.1. The first-order chi connectivity index (χ1) is 9.72. The van der Waals surface area contributed by atoms with Crippen molar-refractivity contribution in [3.05, 3.63) is 35.4 Å². The lowest BCUT2D eigenvalue weighted by Gasteiger charge is -2.32. The number of rotatable bonds is 6. The summed E-state index contributed by atoms with van der Waals surface area (Å²) in [6, 6.07) is 9.37. The highest BCUT2D eigenvalue weighted by Gasteiger charge is 2.19.